The second kappa shape index (κ2) is 5.52. The van der Waals surface area contributed by atoms with Gasteiger partial charge in [-0.3, -0.25) is 0 Å². The van der Waals surface area contributed by atoms with Crippen molar-refractivity contribution < 1.29 is 0 Å². The molecule has 0 atom stereocenters. The molecule has 0 aliphatic heterocycles. The van der Waals surface area contributed by atoms with E-state index >= 15 is 0 Å². The zero-order valence-corrected chi connectivity index (χ0v) is 11.0. The van der Waals surface area contributed by atoms with Gasteiger partial charge in [0.1, 0.15) is 0 Å². The second-order valence-electron chi connectivity index (χ2n) is 3.75. The minimum absolute atomic E-state index is 0.580. The minimum atomic E-state index is 0.580. The molecule has 0 unspecified atom stereocenters. The first-order valence-electron chi connectivity index (χ1n) is 5.48. The Morgan fingerprint density at radius 1 is 1.35 bits per heavy atom. The van der Waals surface area contributed by atoms with Gasteiger partial charge in [0.15, 0.2) is 5.82 Å². The van der Waals surface area contributed by atoms with Gasteiger partial charge in [-0.2, -0.15) is 0 Å². The number of hydrogen-bond acceptors (Lipinski definition) is 2. The van der Waals surface area contributed by atoms with Gasteiger partial charge in [0.05, 0.1) is 5.02 Å². The van der Waals surface area contributed by atoms with E-state index in [1.165, 1.54) is 0 Å². The molecule has 0 saturated carbocycles. The van der Waals surface area contributed by atoms with Gasteiger partial charge >= 0.3 is 0 Å². The quantitative estimate of drug-likeness (QED) is 0.843. The summed E-state index contributed by atoms with van der Waals surface area (Å²) in [6.45, 7) is 2.98. The van der Waals surface area contributed by atoms with Crippen LogP contribution >= 0.6 is 23.2 Å². The van der Waals surface area contributed by atoms with Gasteiger partial charge in [0, 0.05) is 17.1 Å². The third kappa shape index (κ3) is 2.79. The third-order valence-corrected chi connectivity index (χ3v) is 3.02. The fourth-order valence-corrected chi connectivity index (χ4v) is 2.06. The number of hydrogen-bond donors (Lipinski definition) is 0. The molecule has 1 aromatic carbocycles. The Hall–Kier alpha value is -1.06. The Morgan fingerprint density at radius 2 is 2.18 bits per heavy atom. The van der Waals surface area contributed by atoms with E-state index in [9.17, 15) is 0 Å². The van der Waals surface area contributed by atoms with Crippen molar-refractivity contribution in [1.29, 1.82) is 0 Å². The van der Waals surface area contributed by atoms with E-state index in [1.54, 1.807) is 12.1 Å². The van der Waals surface area contributed by atoms with Crippen LogP contribution in [0.3, 0.4) is 0 Å². The summed E-state index contributed by atoms with van der Waals surface area (Å²) in [6.07, 6.45) is 5.02. The molecule has 0 saturated heterocycles. The molecule has 0 amide bonds. The van der Waals surface area contributed by atoms with Crippen LogP contribution in [0, 0.1) is 6.33 Å². The Balaban J connectivity index is 2.35. The smallest absolute Gasteiger partial charge is 0.202 e. The summed E-state index contributed by atoms with van der Waals surface area (Å²) in [4.78, 5) is 0. The number of aryl methyl sites for hydroxylation is 1. The normalized spacial score (nSPS) is 10.8. The molecular weight excluding hydrogens is 257 g/mol. The Bertz CT molecular complexity index is 508. The lowest BCUT2D eigenvalue weighted by Crippen LogP contribution is -1.99. The molecule has 0 fully saturated rings. The van der Waals surface area contributed by atoms with Crippen molar-refractivity contribution >= 4 is 23.2 Å². The molecule has 17 heavy (non-hydrogen) atoms. The maximum atomic E-state index is 6.15. The van der Waals surface area contributed by atoms with Gasteiger partial charge < -0.3 is 4.57 Å². The summed E-state index contributed by atoms with van der Waals surface area (Å²) in [5.74, 6) is 0.736. The average molecular weight is 269 g/mol. The molecule has 0 spiro atoms. The van der Waals surface area contributed by atoms with Crippen molar-refractivity contribution in [3.8, 4) is 11.4 Å². The van der Waals surface area contributed by atoms with Crippen LogP contribution in [-0.2, 0) is 6.54 Å². The summed E-state index contributed by atoms with van der Waals surface area (Å²) < 4.78 is 1.89. The standard InChI is InChI=1S/C12H12Cl2N3/c1-2-3-6-17-8-15-16-12(17)10-5-4-9(13)7-11(10)14/h4-5,7H,2-3,6H2,1H3. The second-order valence-corrected chi connectivity index (χ2v) is 4.60. The first kappa shape index (κ1) is 12.4. The zero-order chi connectivity index (χ0) is 12.3. The van der Waals surface area contributed by atoms with E-state index in [-0.39, 0.29) is 0 Å². The minimum Gasteiger partial charge on any atom is -0.304 e. The van der Waals surface area contributed by atoms with E-state index in [4.69, 9.17) is 23.2 Å². The molecule has 2 rings (SSSR count). The number of aromatic nitrogens is 3. The highest BCUT2D eigenvalue weighted by Crippen LogP contribution is 2.28. The van der Waals surface area contributed by atoms with Crippen molar-refractivity contribution in [3.63, 3.8) is 0 Å². The Kier molecular flexibility index (Phi) is 4.02. The van der Waals surface area contributed by atoms with Gasteiger partial charge in [-0.15, -0.1) is 10.2 Å². The van der Waals surface area contributed by atoms with Crippen LogP contribution < -0.4 is 0 Å². The van der Waals surface area contributed by atoms with E-state index in [0.717, 1.165) is 30.8 Å². The van der Waals surface area contributed by atoms with Crippen LogP contribution in [0.1, 0.15) is 19.8 Å². The monoisotopic (exact) mass is 268 g/mol. The molecule has 2 aromatic rings. The van der Waals surface area contributed by atoms with Gasteiger partial charge in [-0.1, -0.05) is 36.5 Å². The molecule has 0 aliphatic rings. The molecule has 1 radical (unpaired) electrons. The third-order valence-electron chi connectivity index (χ3n) is 2.47. The van der Waals surface area contributed by atoms with Crippen molar-refractivity contribution in [3.05, 3.63) is 34.6 Å². The van der Waals surface area contributed by atoms with E-state index < -0.39 is 0 Å². The van der Waals surface area contributed by atoms with Gasteiger partial charge in [0.25, 0.3) is 0 Å². The first-order valence-corrected chi connectivity index (χ1v) is 6.24. The topological polar surface area (TPSA) is 30.7 Å². The highest BCUT2D eigenvalue weighted by atomic mass is 35.5. The van der Waals surface area contributed by atoms with E-state index in [2.05, 4.69) is 23.4 Å². The zero-order valence-electron chi connectivity index (χ0n) is 9.45. The van der Waals surface area contributed by atoms with Crippen LogP contribution in [0.15, 0.2) is 18.2 Å². The maximum absolute atomic E-state index is 6.15. The fourth-order valence-electron chi connectivity index (χ4n) is 1.57. The predicted molar refractivity (Wildman–Crippen MR) is 69.2 cm³/mol. The number of nitrogens with zero attached hydrogens (tertiary/aromatic N) is 3. The van der Waals surface area contributed by atoms with Crippen LogP contribution in [0.2, 0.25) is 10.0 Å². The fraction of sp³-hybridized carbons (Fsp3) is 0.333. The molecule has 1 aromatic heterocycles. The van der Waals surface area contributed by atoms with Crippen LogP contribution in [0.5, 0.6) is 0 Å². The summed E-state index contributed by atoms with van der Waals surface area (Å²) in [5, 5.41) is 9.06. The highest BCUT2D eigenvalue weighted by molar-refractivity contribution is 6.36. The van der Waals surface area contributed by atoms with Gasteiger partial charge in [-0.05, 0) is 24.6 Å². The van der Waals surface area contributed by atoms with E-state index in [1.807, 2.05) is 10.6 Å². The summed E-state index contributed by atoms with van der Waals surface area (Å²) in [7, 11) is 0. The predicted octanol–water partition coefficient (Wildman–Crippen LogP) is 3.85. The first-order chi connectivity index (χ1) is 8.22. The lowest BCUT2D eigenvalue weighted by atomic mass is 10.2. The van der Waals surface area contributed by atoms with Crippen LogP contribution in [-0.4, -0.2) is 14.8 Å². The van der Waals surface area contributed by atoms with Crippen LogP contribution in [0.4, 0.5) is 0 Å². The van der Waals surface area contributed by atoms with Gasteiger partial charge in [-0.25, -0.2) is 0 Å². The molecular formula is C12H12Cl2N3. The molecule has 89 valence electrons. The number of rotatable bonds is 4. The molecule has 0 N–H and O–H groups in total. The summed E-state index contributed by atoms with van der Waals surface area (Å²) in [5.41, 5.74) is 0.834. The molecule has 0 bridgehead atoms. The van der Waals surface area contributed by atoms with Crippen molar-refractivity contribution in [2.45, 2.75) is 26.3 Å². The lowest BCUT2D eigenvalue weighted by molar-refractivity contribution is 0.631. The molecule has 0 aliphatic carbocycles. The number of halogens is 2. The van der Waals surface area contributed by atoms with E-state index in [0.29, 0.717) is 10.0 Å². The van der Waals surface area contributed by atoms with Crippen molar-refractivity contribution in [1.82, 2.24) is 14.8 Å². The molecule has 3 nitrogen and oxygen atoms in total. The van der Waals surface area contributed by atoms with Crippen LogP contribution in [0.25, 0.3) is 11.4 Å². The molecule has 1 heterocycles. The highest BCUT2D eigenvalue weighted by Gasteiger charge is 2.11. The number of unbranched alkanes of at least 4 members (excludes halogenated alkanes) is 1. The summed E-state index contributed by atoms with van der Waals surface area (Å²) in [6, 6.07) is 5.35. The number of benzene rings is 1. The Morgan fingerprint density at radius 3 is 2.88 bits per heavy atom. The van der Waals surface area contributed by atoms with Crippen molar-refractivity contribution in [2.75, 3.05) is 0 Å². The van der Waals surface area contributed by atoms with Crippen molar-refractivity contribution in [2.24, 2.45) is 0 Å². The Labute approximate surface area is 110 Å². The maximum Gasteiger partial charge on any atom is 0.202 e. The average Bonchev–Trinajstić information content (AvgIpc) is 2.74. The largest absolute Gasteiger partial charge is 0.304 e. The summed E-state index contributed by atoms with van der Waals surface area (Å²) >= 11 is 12.0. The van der Waals surface area contributed by atoms with Gasteiger partial charge in [0.2, 0.25) is 6.33 Å². The molecule has 5 heteroatoms. The lowest BCUT2D eigenvalue weighted by Gasteiger charge is -2.06. The SMILES string of the molecule is CCCCn1[c]nnc1-c1ccc(Cl)cc1Cl.